The molecule has 5 heterocycles. The molecule has 222 valence electrons. The van der Waals surface area contributed by atoms with Crippen LogP contribution >= 0.6 is 0 Å². The third-order valence-corrected chi connectivity index (χ3v) is 8.14. The van der Waals surface area contributed by atoms with Crippen LogP contribution < -0.4 is 4.98 Å². The molecule has 0 saturated carbocycles. The fraction of sp³-hybridized carbons (Fsp3) is 0.235. The summed E-state index contributed by atoms with van der Waals surface area (Å²) in [6, 6.07) is 7.75. The van der Waals surface area contributed by atoms with Gasteiger partial charge < -0.3 is 20.2 Å². The fourth-order valence-corrected chi connectivity index (χ4v) is 5.69. The smallest absolute Gasteiger partial charge is 0.303 e. The average Bonchev–Trinajstić information content (AvgIpc) is 3.59. The van der Waals surface area contributed by atoms with E-state index in [0.29, 0.717) is 35.3 Å². The van der Waals surface area contributed by atoms with Gasteiger partial charge in [-0.1, -0.05) is 48.6 Å². The van der Waals surface area contributed by atoms with Crippen molar-refractivity contribution in [3.8, 4) is 0 Å². The second-order valence-corrected chi connectivity index (χ2v) is 10.7. The van der Waals surface area contributed by atoms with Crippen LogP contribution in [0.15, 0.2) is 43.5 Å². The minimum Gasteiger partial charge on any atom is -0.657 e. The summed E-state index contributed by atoms with van der Waals surface area (Å²) in [6.45, 7) is 16.0. The Morgan fingerprint density at radius 1 is 0.791 bits per heavy atom. The van der Waals surface area contributed by atoms with Crippen LogP contribution in [-0.4, -0.2) is 37.1 Å². The number of carboxylic acid groups (broad SMARTS) is 2. The molecular formula is C34H33FeN4O4-. The summed E-state index contributed by atoms with van der Waals surface area (Å²) in [6.07, 6.45) is 4.13. The molecule has 0 radical (unpaired) electrons. The van der Waals surface area contributed by atoms with Crippen LogP contribution in [0.1, 0.15) is 78.1 Å². The number of aromatic nitrogens is 4. The maximum Gasteiger partial charge on any atom is 0.303 e. The van der Waals surface area contributed by atoms with Gasteiger partial charge in [-0.05, 0) is 75.0 Å². The number of nitrogens with one attached hydrogen (secondary N) is 1. The summed E-state index contributed by atoms with van der Waals surface area (Å²) in [4.78, 5) is 41.4. The van der Waals surface area contributed by atoms with Crippen LogP contribution in [0.4, 0.5) is 0 Å². The molecule has 3 aromatic rings. The molecule has 0 saturated heterocycles. The van der Waals surface area contributed by atoms with Crippen molar-refractivity contribution in [2.45, 2.75) is 53.4 Å². The molecule has 8 bridgehead atoms. The van der Waals surface area contributed by atoms with E-state index in [-0.39, 0.29) is 29.9 Å². The van der Waals surface area contributed by atoms with Crippen molar-refractivity contribution in [2.75, 3.05) is 0 Å². The molecule has 3 aromatic heterocycles. The molecule has 0 aliphatic carbocycles. The number of H-pyrrole nitrogens is 1. The maximum absolute atomic E-state index is 11.5. The predicted molar refractivity (Wildman–Crippen MR) is 168 cm³/mol. The first-order chi connectivity index (χ1) is 20.0. The van der Waals surface area contributed by atoms with Crippen LogP contribution in [0.5, 0.6) is 0 Å². The summed E-state index contributed by atoms with van der Waals surface area (Å²) < 4.78 is 0. The molecule has 9 heteroatoms. The third-order valence-electron chi connectivity index (χ3n) is 8.14. The summed E-state index contributed by atoms with van der Waals surface area (Å²) >= 11 is 0. The van der Waals surface area contributed by atoms with Gasteiger partial charge >= 0.3 is 11.9 Å². The minimum atomic E-state index is -0.894. The van der Waals surface area contributed by atoms with E-state index < -0.39 is 11.9 Å². The number of nitrogens with zero attached hydrogens (tertiary/aromatic N) is 3. The van der Waals surface area contributed by atoms with Gasteiger partial charge in [0.25, 0.3) is 0 Å². The van der Waals surface area contributed by atoms with Crippen molar-refractivity contribution >= 4 is 62.4 Å². The van der Waals surface area contributed by atoms with Crippen LogP contribution in [0.3, 0.4) is 0 Å². The average molecular weight is 618 g/mol. The summed E-state index contributed by atoms with van der Waals surface area (Å²) in [5, 5.41) is 18.9. The number of aryl methyl sites for hydroxylation is 3. The SMILES string of the molecule is C=CC1=C(C)c2cc3[n-]c(cc4nc(cc5[nH]c(cc1n2)c(C)c5C=C)C(C)=C4CCC(=O)O)c(CCC(=O)O)c3C.[Fe]. The Hall–Kier alpha value is -4.46. The van der Waals surface area contributed by atoms with Gasteiger partial charge in [0.05, 0.1) is 22.8 Å². The first kappa shape index (κ1) is 31.5. The molecule has 0 spiro atoms. The number of rotatable bonds is 8. The molecule has 0 aromatic carbocycles. The molecule has 43 heavy (non-hydrogen) atoms. The summed E-state index contributed by atoms with van der Waals surface area (Å²) in [7, 11) is 0. The zero-order chi connectivity index (χ0) is 30.3. The van der Waals surface area contributed by atoms with Gasteiger partial charge in [0, 0.05) is 52.1 Å². The largest absolute Gasteiger partial charge is 0.657 e. The van der Waals surface area contributed by atoms with Crippen LogP contribution in [0.2, 0.25) is 0 Å². The second kappa shape index (κ2) is 12.4. The van der Waals surface area contributed by atoms with Crippen molar-refractivity contribution < 1.29 is 36.9 Å². The molecule has 0 amide bonds. The Morgan fingerprint density at radius 3 is 2.05 bits per heavy atom. The number of hydrogen-bond donors (Lipinski definition) is 3. The normalized spacial score (nSPS) is 12.7. The van der Waals surface area contributed by atoms with Crippen molar-refractivity contribution in [3.05, 3.63) is 88.5 Å². The number of fused-ring (bicyclic) bond motifs is 8. The van der Waals surface area contributed by atoms with E-state index in [9.17, 15) is 19.8 Å². The standard InChI is InChI=1S/C34H34N4O4.Fe/c1-7-21-17(3)25-13-26-19(5)23(9-11-33(39)40)31(37-26)16-32-24(10-12-34(41)42)20(6)28(38-32)15-30-22(8-2)18(4)27(36-30)14-29(21)35-25;/h7-8,13-16H,1-2,9-12H2,3-6H3,(H4,35,36,37,38,39,40,41,42);/p-1. The quantitative estimate of drug-likeness (QED) is 0.229. The Labute approximate surface area is 260 Å². The van der Waals surface area contributed by atoms with Gasteiger partial charge in [0.2, 0.25) is 0 Å². The molecule has 3 N–H and O–H groups in total. The Morgan fingerprint density at radius 2 is 1.40 bits per heavy atom. The molecule has 0 fully saturated rings. The molecule has 2 aliphatic rings. The van der Waals surface area contributed by atoms with E-state index in [4.69, 9.17) is 15.0 Å². The zero-order valence-electron chi connectivity index (χ0n) is 24.6. The topological polar surface area (TPSA) is 130 Å². The Bertz CT molecular complexity index is 1920. The molecule has 2 aliphatic heterocycles. The first-order valence-corrected chi connectivity index (χ1v) is 13.8. The van der Waals surface area contributed by atoms with Crippen molar-refractivity contribution in [3.63, 3.8) is 0 Å². The van der Waals surface area contributed by atoms with Crippen molar-refractivity contribution in [1.82, 2.24) is 19.9 Å². The van der Waals surface area contributed by atoms with Gasteiger partial charge in [-0.3, -0.25) is 9.59 Å². The minimum absolute atomic E-state index is 0. The number of hydrogen-bond acceptors (Lipinski definition) is 4. The maximum atomic E-state index is 11.5. The van der Waals surface area contributed by atoms with Crippen LogP contribution in [-0.2, 0) is 33.1 Å². The fourth-order valence-electron chi connectivity index (χ4n) is 5.69. The number of carbonyl (C=O) groups is 2. The molecular weight excluding hydrogens is 584 g/mol. The summed E-state index contributed by atoms with van der Waals surface area (Å²) in [5.74, 6) is -1.79. The van der Waals surface area contributed by atoms with Gasteiger partial charge in [-0.25, -0.2) is 9.97 Å². The second-order valence-electron chi connectivity index (χ2n) is 10.7. The van der Waals surface area contributed by atoms with E-state index in [1.165, 1.54) is 0 Å². The summed E-state index contributed by atoms with van der Waals surface area (Å²) in [5.41, 5.74) is 13.2. The van der Waals surface area contributed by atoms with Gasteiger partial charge in [-0.15, -0.1) is 11.0 Å². The number of aliphatic carboxylic acids is 2. The van der Waals surface area contributed by atoms with Gasteiger partial charge in [0.1, 0.15) is 0 Å². The predicted octanol–water partition coefficient (Wildman–Crippen LogP) is 7.13. The molecule has 8 nitrogen and oxygen atoms in total. The van der Waals surface area contributed by atoms with E-state index in [0.717, 1.165) is 67.0 Å². The van der Waals surface area contributed by atoms with Crippen LogP contribution in [0, 0.1) is 13.8 Å². The molecule has 0 atom stereocenters. The van der Waals surface area contributed by atoms with Gasteiger partial charge in [0.15, 0.2) is 0 Å². The third kappa shape index (κ3) is 5.91. The molecule has 5 rings (SSSR count). The Kier molecular flexibility index (Phi) is 9.09. The van der Waals surface area contributed by atoms with Crippen LogP contribution in [0.25, 0.3) is 50.4 Å². The Balaban J connectivity index is 0.00000423. The zero-order valence-corrected chi connectivity index (χ0v) is 25.7. The number of aromatic amines is 1. The van der Waals surface area contributed by atoms with Gasteiger partial charge in [-0.2, -0.15) is 0 Å². The van der Waals surface area contributed by atoms with E-state index in [1.54, 1.807) is 6.08 Å². The molecule has 0 unspecified atom stereocenters. The number of carboxylic acids is 2. The van der Waals surface area contributed by atoms with E-state index >= 15 is 0 Å². The van der Waals surface area contributed by atoms with E-state index in [2.05, 4.69) is 18.1 Å². The van der Waals surface area contributed by atoms with Crippen molar-refractivity contribution in [2.24, 2.45) is 0 Å². The van der Waals surface area contributed by atoms with E-state index in [1.807, 2.05) is 58.0 Å². The number of allylic oxidation sites excluding steroid dienone is 5. The monoisotopic (exact) mass is 617 g/mol. The van der Waals surface area contributed by atoms with Crippen molar-refractivity contribution in [1.29, 1.82) is 0 Å². The first-order valence-electron chi connectivity index (χ1n) is 13.8.